The number of phenolic OH excluding ortho intramolecular Hbond substituents is 1. The fourth-order valence-corrected chi connectivity index (χ4v) is 1.47. The molecule has 9 heteroatoms. The smallest absolute Gasteiger partial charge is 0.330 e. The molecule has 0 unspecified atom stereocenters. The highest BCUT2D eigenvalue weighted by atomic mass is 32.1. The van der Waals surface area contributed by atoms with Crippen molar-refractivity contribution in [3.8, 4) is 5.75 Å². The predicted octanol–water partition coefficient (Wildman–Crippen LogP) is 0.147. The summed E-state index contributed by atoms with van der Waals surface area (Å²) in [5.41, 5.74) is 4.88. The predicted molar refractivity (Wildman–Crippen MR) is 85.2 cm³/mol. The van der Waals surface area contributed by atoms with Crippen LogP contribution in [0.2, 0.25) is 0 Å². The second kappa shape index (κ2) is 9.15. The van der Waals surface area contributed by atoms with Gasteiger partial charge in [-0.3, -0.25) is 25.8 Å². The number of ether oxygens (including phenoxy) is 1. The molecule has 1 aromatic carbocycles. The number of rotatable bonds is 4. The van der Waals surface area contributed by atoms with Gasteiger partial charge in [0, 0.05) is 17.7 Å². The Morgan fingerprint density at radius 2 is 1.83 bits per heavy atom. The Bertz CT molecular complexity index is 628. The number of phenols is 1. The van der Waals surface area contributed by atoms with Crippen molar-refractivity contribution in [3.63, 3.8) is 0 Å². The lowest BCUT2D eigenvalue weighted by atomic mass is 10.2. The van der Waals surface area contributed by atoms with Crippen LogP contribution in [0.5, 0.6) is 5.75 Å². The molecule has 0 radical (unpaired) electrons. The average Bonchev–Trinajstić information content (AvgIpc) is 2.51. The molecule has 0 atom stereocenters. The van der Waals surface area contributed by atoms with Crippen LogP contribution in [0.4, 0.5) is 0 Å². The zero-order valence-corrected chi connectivity index (χ0v) is 13.0. The van der Waals surface area contributed by atoms with Crippen LogP contribution in [0.15, 0.2) is 36.4 Å². The number of amides is 2. The highest BCUT2D eigenvalue weighted by Gasteiger charge is 2.07. The van der Waals surface area contributed by atoms with E-state index in [4.69, 9.17) is 17.3 Å². The molecule has 0 aliphatic carbocycles. The second-order valence-electron chi connectivity index (χ2n) is 4.03. The molecule has 1 rings (SSSR count). The van der Waals surface area contributed by atoms with Crippen molar-refractivity contribution < 1.29 is 24.2 Å². The highest BCUT2D eigenvalue weighted by molar-refractivity contribution is 7.80. The Morgan fingerprint density at radius 1 is 1.17 bits per heavy atom. The number of hydrogen-bond donors (Lipinski definition) is 4. The van der Waals surface area contributed by atoms with Crippen LogP contribution in [-0.4, -0.2) is 34.6 Å². The SMILES string of the molecule is CCOC(=O)/C=C/C(=O)NC(=S)NNC(=O)c1ccc(O)cc1. The maximum atomic E-state index is 11.7. The molecule has 0 saturated carbocycles. The van der Waals surface area contributed by atoms with Crippen LogP contribution in [0.3, 0.4) is 0 Å². The summed E-state index contributed by atoms with van der Waals surface area (Å²) in [6, 6.07) is 5.54. The summed E-state index contributed by atoms with van der Waals surface area (Å²) in [5.74, 6) is -1.79. The lowest BCUT2D eigenvalue weighted by molar-refractivity contribution is -0.137. The number of esters is 1. The fourth-order valence-electron chi connectivity index (χ4n) is 1.32. The molecule has 2 amide bonds. The molecule has 0 fully saturated rings. The minimum absolute atomic E-state index is 0.0330. The largest absolute Gasteiger partial charge is 0.508 e. The standard InChI is InChI=1S/C14H15N3O5S/c1-2-22-12(20)8-7-11(19)15-14(23)17-16-13(21)9-3-5-10(18)6-4-9/h3-8,18H,2H2,1H3,(H,16,21)(H2,15,17,19,23)/b8-7+. The Kier molecular flexibility index (Phi) is 7.21. The quantitative estimate of drug-likeness (QED) is 0.267. The fraction of sp³-hybridized carbons (Fsp3) is 0.143. The molecule has 0 aromatic heterocycles. The summed E-state index contributed by atoms with van der Waals surface area (Å²) in [7, 11) is 0. The van der Waals surface area contributed by atoms with Crippen molar-refractivity contribution in [1.82, 2.24) is 16.2 Å². The number of nitrogens with one attached hydrogen (secondary N) is 3. The van der Waals surface area contributed by atoms with Gasteiger partial charge in [0.25, 0.3) is 5.91 Å². The molecule has 0 spiro atoms. The van der Waals surface area contributed by atoms with Crippen LogP contribution >= 0.6 is 12.2 Å². The van der Waals surface area contributed by atoms with Crippen molar-refractivity contribution >= 4 is 35.1 Å². The van der Waals surface area contributed by atoms with Gasteiger partial charge in [0.1, 0.15) is 5.75 Å². The van der Waals surface area contributed by atoms with Gasteiger partial charge in [-0.05, 0) is 43.4 Å². The Hall–Kier alpha value is -2.94. The lowest BCUT2D eigenvalue weighted by Gasteiger charge is -2.09. The van der Waals surface area contributed by atoms with E-state index in [9.17, 15) is 14.4 Å². The first kappa shape index (κ1) is 18.1. The van der Waals surface area contributed by atoms with Gasteiger partial charge in [0.05, 0.1) is 6.61 Å². The third kappa shape index (κ3) is 7.05. The van der Waals surface area contributed by atoms with Gasteiger partial charge < -0.3 is 9.84 Å². The van der Waals surface area contributed by atoms with Crippen LogP contribution in [-0.2, 0) is 14.3 Å². The molecule has 0 heterocycles. The maximum Gasteiger partial charge on any atom is 0.330 e. The zero-order chi connectivity index (χ0) is 17.2. The molecule has 8 nitrogen and oxygen atoms in total. The summed E-state index contributed by atoms with van der Waals surface area (Å²) < 4.78 is 4.60. The topological polar surface area (TPSA) is 117 Å². The lowest BCUT2D eigenvalue weighted by Crippen LogP contribution is -2.48. The average molecular weight is 337 g/mol. The number of carbonyl (C=O) groups is 3. The monoisotopic (exact) mass is 337 g/mol. The van der Waals surface area contributed by atoms with E-state index in [0.717, 1.165) is 12.2 Å². The van der Waals surface area contributed by atoms with E-state index in [-0.39, 0.29) is 23.0 Å². The first-order valence-corrected chi connectivity index (χ1v) is 6.88. The Balaban J connectivity index is 2.39. The van der Waals surface area contributed by atoms with Crippen molar-refractivity contribution in [2.45, 2.75) is 6.92 Å². The van der Waals surface area contributed by atoms with Gasteiger partial charge in [-0.1, -0.05) is 0 Å². The third-order valence-electron chi connectivity index (χ3n) is 2.31. The summed E-state index contributed by atoms with van der Waals surface area (Å²) >= 11 is 4.80. The molecule has 4 N–H and O–H groups in total. The van der Waals surface area contributed by atoms with Gasteiger partial charge in [0.15, 0.2) is 5.11 Å². The Labute approximate surface area is 137 Å². The van der Waals surface area contributed by atoms with Gasteiger partial charge in [0.2, 0.25) is 5.91 Å². The van der Waals surface area contributed by atoms with Crippen LogP contribution in [0.1, 0.15) is 17.3 Å². The van der Waals surface area contributed by atoms with E-state index in [1.54, 1.807) is 6.92 Å². The third-order valence-corrected chi connectivity index (χ3v) is 2.52. The molecular weight excluding hydrogens is 322 g/mol. The molecule has 0 aliphatic rings. The van der Waals surface area contributed by atoms with E-state index in [0.29, 0.717) is 0 Å². The maximum absolute atomic E-state index is 11.7. The van der Waals surface area contributed by atoms with Crippen molar-refractivity contribution in [2.24, 2.45) is 0 Å². The number of thiocarbonyl (C=S) groups is 1. The molecule has 23 heavy (non-hydrogen) atoms. The minimum Gasteiger partial charge on any atom is -0.508 e. The first-order chi connectivity index (χ1) is 10.9. The number of aromatic hydroxyl groups is 1. The van der Waals surface area contributed by atoms with Gasteiger partial charge in [-0.25, -0.2) is 4.79 Å². The minimum atomic E-state index is -0.658. The van der Waals surface area contributed by atoms with Gasteiger partial charge in [-0.2, -0.15) is 0 Å². The molecule has 0 saturated heterocycles. The number of carbonyl (C=O) groups excluding carboxylic acids is 3. The Morgan fingerprint density at radius 3 is 2.43 bits per heavy atom. The summed E-state index contributed by atoms with van der Waals surface area (Å²) in [6.07, 6.45) is 1.91. The summed E-state index contributed by atoms with van der Waals surface area (Å²) in [4.78, 5) is 34.2. The summed E-state index contributed by atoms with van der Waals surface area (Å²) in [5, 5.41) is 11.2. The molecule has 0 aliphatic heterocycles. The van der Waals surface area contributed by atoms with Gasteiger partial charge in [-0.15, -0.1) is 0 Å². The zero-order valence-electron chi connectivity index (χ0n) is 12.2. The van der Waals surface area contributed by atoms with Gasteiger partial charge >= 0.3 is 5.97 Å². The van der Waals surface area contributed by atoms with Crippen molar-refractivity contribution in [2.75, 3.05) is 6.61 Å². The van der Waals surface area contributed by atoms with E-state index in [1.165, 1.54) is 24.3 Å². The van der Waals surface area contributed by atoms with E-state index in [2.05, 4.69) is 20.9 Å². The highest BCUT2D eigenvalue weighted by Crippen LogP contribution is 2.08. The van der Waals surface area contributed by atoms with Crippen LogP contribution in [0.25, 0.3) is 0 Å². The molecule has 0 bridgehead atoms. The number of hydrazine groups is 1. The number of hydrogen-bond acceptors (Lipinski definition) is 6. The molecule has 122 valence electrons. The first-order valence-electron chi connectivity index (χ1n) is 6.47. The van der Waals surface area contributed by atoms with E-state index >= 15 is 0 Å². The van der Waals surface area contributed by atoms with Crippen molar-refractivity contribution in [3.05, 3.63) is 42.0 Å². The number of benzene rings is 1. The summed E-state index contributed by atoms with van der Waals surface area (Å²) in [6.45, 7) is 1.84. The van der Waals surface area contributed by atoms with E-state index < -0.39 is 17.8 Å². The van der Waals surface area contributed by atoms with E-state index in [1.807, 2.05) is 0 Å². The normalized spacial score (nSPS) is 9.96. The van der Waals surface area contributed by atoms with Crippen molar-refractivity contribution in [1.29, 1.82) is 0 Å². The van der Waals surface area contributed by atoms with Crippen LogP contribution < -0.4 is 16.2 Å². The molecular formula is C14H15N3O5S. The molecule has 1 aromatic rings. The second-order valence-corrected chi connectivity index (χ2v) is 4.44. The van der Waals surface area contributed by atoms with Crippen LogP contribution in [0, 0.1) is 0 Å².